The summed E-state index contributed by atoms with van der Waals surface area (Å²) in [4.78, 5) is 0. The van der Waals surface area contributed by atoms with Gasteiger partial charge >= 0.3 is 0 Å². The molecule has 0 aliphatic carbocycles. The van der Waals surface area contributed by atoms with E-state index in [-0.39, 0.29) is 17.2 Å². The Morgan fingerprint density at radius 1 is 1.25 bits per heavy atom. The summed E-state index contributed by atoms with van der Waals surface area (Å²) < 4.78 is 17.0. The normalized spacial score (nSPS) is 15.7. The van der Waals surface area contributed by atoms with Crippen molar-refractivity contribution in [3.63, 3.8) is 0 Å². The Bertz CT molecular complexity index is 302. The Hall–Kier alpha value is -0.343. The van der Waals surface area contributed by atoms with E-state index in [0.29, 0.717) is 6.79 Å². The van der Waals surface area contributed by atoms with Gasteiger partial charge < -0.3 is 13.9 Å². The highest BCUT2D eigenvalue weighted by Gasteiger charge is 2.39. The fourth-order valence-electron chi connectivity index (χ4n) is 1.68. The highest BCUT2D eigenvalue weighted by atomic mass is 28.4. The van der Waals surface area contributed by atoms with Crippen molar-refractivity contribution in [2.45, 2.75) is 77.3 Å². The van der Waals surface area contributed by atoms with E-state index in [9.17, 15) is 0 Å². The average molecular weight is 301 g/mol. The van der Waals surface area contributed by atoms with Gasteiger partial charge in [0.05, 0.1) is 6.10 Å². The molecular formula is C16H32O3Si. The summed E-state index contributed by atoms with van der Waals surface area (Å²) >= 11 is 0. The molecular weight excluding hydrogens is 268 g/mol. The van der Waals surface area contributed by atoms with Gasteiger partial charge in [-0.1, -0.05) is 40.0 Å². The molecule has 0 aliphatic rings. The highest BCUT2D eigenvalue weighted by Crippen LogP contribution is 2.37. The maximum Gasteiger partial charge on any atom is 0.193 e. The minimum absolute atomic E-state index is 0.103. The summed E-state index contributed by atoms with van der Waals surface area (Å²) in [6, 6.07) is 0. The van der Waals surface area contributed by atoms with Crippen LogP contribution in [0.25, 0.3) is 0 Å². The predicted octanol–water partition coefficient (Wildman–Crippen LogP) is 4.19. The lowest BCUT2D eigenvalue weighted by Gasteiger charge is -2.38. The first kappa shape index (κ1) is 19.7. The number of methoxy groups -OCH3 is 1. The molecule has 0 radical (unpaired) electrons. The molecule has 0 aliphatic heterocycles. The second kappa shape index (κ2) is 8.84. The second-order valence-corrected chi connectivity index (χ2v) is 11.5. The van der Waals surface area contributed by atoms with Crippen molar-refractivity contribution in [1.29, 1.82) is 0 Å². The summed E-state index contributed by atoms with van der Waals surface area (Å²) in [6.45, 7) is 13.6. The van der Waals surface area contributed by atoms with E-state index in [2.05, 4.69) is 46.7 Å². The number of hydrogen-bond donors (Lipinski definition) is 0. The lowest BCUT2D eigenvalue weighted by atomic mass is 10.1. The molecule has 20 heavy (non-hydrogen) atoms. The molecule has 0 unspecified atom stereocenters. The van der Waals surface area contributed by atoms with E-state index < -0.39 is 8.32 Å². The van der Waals surface area contributed by atoms with Crippen molar-refractivity contribution < 1.29 is 13.9 Å². The van der Waals surface area contributed by atoms with E-state index in [1.807, 2.05) is 0 Å². The lowest BCUT2D eigenvalue weighted by molar-refractivity contribution is -0.0826. The molecule has 118 valence electrons. The van der Waals surface area contributed by atoms with Crippen molar-refractivity contribution in [2.24, 2.45) is 0 Å². The van der Waals surface area contributed by atoms with Gasteiger partial charge in [0.2, 0.25) is 0 Å². The molecule has 0 spiro atoms. The van der Waals surface area contributed by atoms with Crippen LogP contribution in [-0.2, 0) is 13.9 Å². The summed E-state index contributed by atoms with van der Waals surface area (Å²) in [6.07, 6.45) is 8.35. The molecule has 0 saturated heterocycles. The van der Waals surface area contributed by atoms with Crippen LogP contribution >= 0.6 is 0 Å². The molecule has 0 amide bonds. The summed E-state index contributed by atoms with van der Waals surface area (Å²) in [7, 11) is -0.207. The molecule has 0 fully saturated rings. The fraction of sp³-hybridized carbons (Fsp3) is 0.875. The van der Waals surface area contributed by atoms with E-state index in [1.165, 1.54) is 0 Å². The molecule has 2 atom stereocenters. The van der Waals surface area contributed by atoms with E-state index in [0.717, 1.165) is 19.3 Å². The zero-order valence-corrected chi connectivity index (χ0v) is 15.3. The van der Waals surface area contributed by atoms with Crippen LogP contribution < -0.4 is 0 Å². The van der Waals surface area contributed by atoms with E-state index in [4.69, 9.17) is 20.3 Å². The third-order valence-corrected chi connectivity index (χ3v) is 8.42. The monoisotopic (exact) mass is 300 g/mol. The van der Waals surface area contributed by atoms with Crippen LogP contribution in [0.1, 0.15) is 47.0 Å². The van der Waals surface area contributed by atoms with Crippen LogP contribution in [0.3, 0.4) is 0 Å². The van der Waals surface area contributed by atoms with Crippen LogP contribution in [0.2, 0.25) is 18.1 Å². The van der Waals surface area contributed by atoms with Crippen molar-refractivity contribution in [3.05, 3.63) is 0 Å². The van der Waals surface area contributed by atoms with Gasteiger partial charge in [0, 0.05) is 13.5 Å². The zero-order chi connectivity index (χ0) is 15.8. The largest absolute Gasteiger partial charge is 0.403 e. The smallest absolute Gasteiger partial charge is 0.193 e. The predicted molar refractivity (Wildman–Crippen MR) is 87.2 cm³/mol. The van der Waals surface area contributed by atoms with Crippen LogP contribution in [-0.4, -0.2) is 34.4 Å². The molecule has 0 aromatic rings. The zero-order valence-electron chi connectivity index (χ0n) is 14.3. The Balaban J connectivity index is 4.63. The topological polar surface area (TPSA) is 27.7 Å². The van der Waals surface area contributed by atoms with Gasteiger partial charge in [-0.3, -0.25) is 0 Å². The molecule has 0 saturated carbocycles. The maximum absolute atomic E-state index is 6.29. The molecule has 0 heterocycles. The van der Waals surface area contributed by atoms with Gasteiger partial charge in [0.25, 0.3) is 0 Å². The SMILES string of the molecule is C#C[C@H](C[C@H](CCC)OCOC)O[Si](C)(C)C(C)(C)C. The van der Waals surface area contributed by atoms with Gasteiger partial charge in [-0.25, -0.2) is 0 Å². The minimum atomic E-state index is -1.84. The van der Waals surface area contributed by atoms with Crippen LogP contribution in [0.15, 0.2) is 0 Å². The van der Waals surface area contributed by atoms with Gasteiger partial charge in [0.15, 0.2) is 8.32 Å². The average Bonchev–Trinajstić information content (AvgIpc) is 2.33. The Morgan fingerprint density at radius 3 is 2.25 bits per heavy atom. The molecule has 3 nitrogen and oxygen atoms in total. The Kier molecular flexibility index (Phi) is 8.68. The van der Waals surface area contributed by atoms with Crippen molar-refractivity contribution in [2.75, 3.05) is 13.9 Å². The molecule has 0 aromatic heterocycles. The highest BCUT2D eigenvalue weighted by molar-refractivity contribution is 6.74. The first-order chi connectivity index (χ1) is 9.17. The molecule has 0 bridgehead atoms. The van der Waals surface area contributed by atoms with Crippen LogP contribution in [0.4, 0.5) is 0 Å². The standard InChI is InChI=1S/C16H32O3Si/c1-9-11-15(18-13-17-6)12-14(10-2)19-20(7,8)16(3,4)5/h2,14-15H,9,11-13H2,1,3-8H3/t14-,15+/m1/s1. The van der Waals surface area contributed by atoms with Crippen molar-refractivity contribution >= 4 is 8.32 Å². The summed E-state index contributed by atoms with van der Waals surface area (Å²) in [5.41, 5.74) is 0. The Labute approximate surface area is 126 Å². The van der Waals surface area contributed by atoms with Crippen LogP contribution in [0.5, 0.6) is 0 Å². The first-order valence-electron chi connectivity index (χ1n) is 7.42. The van der Waals surface area contributed by atoms with Crippen molar-refractivity contribution in [3.8, 4) is 12.3 Å². The number of hydrogen-bond acceptors (Lipinski definition) is 3. The van der Waals surface area contributed by atoms with E-state index in [1.54, 1.807) is 7.11 Å². The fourth-order valence-corrected chi connectivity index (χ4v) is 2.91. The first-order valence-corrected chi connectivity index (χ1v) is 10.3. The molecule has 0 aromatic carbocycles. The third kappa shape index (κ3) is 6.89. The number of ether oxygens (including phenoxy) is 2. The number of terminal acetylenes is 1. The maximum atomic E-state index is 6.29. The third-order valence-electron chi connectivity index (χ3n) is 3.94. The van der Waals surface area contributed by atoms with Gasteiger partial charge in [0.1, 0.15) is 12.9 Å². The quantitative estimate of drug-likeness (QED) is 0.363. The van der Waals surface area contributed by atoms with E-state index >= 15 is 0 Å². The molecule has 0 rings (SSSR count). The molecule has 4 heteroatoms. The minimum Gasteiger partial charge on any atom is -0.403 e. The van der Waals surface area contributed by atoms with Gasteiger partial charge in [-0.05, 0) is 24.6 Å². The summed E-state index contributed by atoms with van der Waals surface area (Å²) in [5, 5.41) is 0.162. The van der Waals surface area contributed by atoms with Crippen LogP contribution in [0, 0.1) is 12.3 Å². The second-order valence-electron chi connectivity index (χ2n) is 6.75. The van der Waals surface area contributed by atoms with Gasteiger partial charge in [-0.2, -0.15) is 0 Å². The molecule has 0 N–H and O–H groups in total. The lowest BCUT2D eigenvalue weighted by Crippen LogP contribution is -2.44. The summed E-state index contributed by atoms with van der Waals surface area (Å²) in [5.74, 6) is 2.79. The van der Waals surface area contributed by atoms with Crippen molar-refractivity contribution in [1.82, 2.24) is 0 Å². The number of rotatable bonds is 9. The Morgan fingerprint density at radius 2 is 1.85 bits per heavy atom. The van der Waals surface area contributed by atoms with Gasteiger partial charge in [-0.15, -0.1) is 6.42 Å².